The summed E-state index contributed by atoms with van der Waals surface area (Å²) in [5.41, 5.74) is 4.29. The standard InChI is InChI=1S/C31H33N3O4S/c1-3-4-18-34(31-33-28(21-39-31)24-14-16-26(38-2)17-15-24)20-23-10-12-25(13-11-23)29(35)32-27(30(36)37)19-22-8-6-5-7-9-22/h5-17,21,27H,3-4,18-20H2,1-2H3,(H,32,35)(H,36,37). The van der Waals surface area contributed by atoms with Gasteiger partial charge in [-0.3, -0.25) is 4.79 Å². The molecular weight excluding hydrogens is 510 g/mol. The number of nitrogens with zero attached hydrogens (tertiary/aromatic N) is 2. The maximum atomic E-state index is 12.8. The van der Waals surface area contributed by atoms with Crippen LogP contribution in [0.3, 0.4) is 0 Å². The molecule has 3 aromatic carbocycles. The van der Waals surface area contributed by atoms with Crippen LogP contribution in [0.15, 0.2) is 84.2 Å². The van der Waals surface area contributed by atoms with E-state index in [1.807, 2.05) is 66.7 Å². The molecule has 1 aromatic heterocycles. The minimum atomic E-state index is -1.06. The fourth-order valence-electron chi connectivity index (χ4n) is 4.17. The minimum Gasteiger partial charge on any atom is -0.497 e. The van der Waals surface area contributed by atoms with Crippen molar-refractivity contribution in [1.82, 2.24) is 10.3 Å². The van der Waals surface area contributed by atoms with Crippen molar-refractivity contribution in [2.75, 3.05) is 18.6 Å². The van der Waals surface area contributed by atoms with Crippen molar-refractivity contribution in [1.29, 1.82) is 0 Å². The number of hydrogen-bond donors (Lipinski definition) is 2. The van der Waals surface area contributed by atoms with Gasteiger partial charge in [-0.2, -0.15) is 0 Å². The zero-order valence-corrected chi connectivity index (χ0v) is 23.0. The summed E-state index contributed by atoms with van der Waals surface area (Å²) in [5, 5.41) is 15.3. The highest BCUT2D eigenvalue weighted by Gasteiger charge is 2.21. The van der Waals surface area contributed by atoms with Gasteiger partial charge in [0.05, 0.1) is 12.8 Å². The Kier molecular flexibility index (Phi) is 9.69. The number of aliphatic carboxylic acids is 1. The van der Waals surface area contributed by atoms with E-state index in [-0.39, 0.29) is 6.42 Å². The molecule has 0 aliphatic rings. The number of rotatable bonds is 13. The maximum Gasteiger partial charge on any atom is 0.326 e. The Morgan fingerprint density at radius 2 is 1.72 bits per heavy atom. The number of amides is 1. The summed E-state index contributed by atoms with van der Waals surface area (Å²) in [6.45, 7) is 3.69. The lowest BCUT2D eigenvalue weighted by Crippen LogP contribution is -2.42. The van der Waals surface area contributed by atoms with Crippen LogP contribution in [0, 0.1) is 0 Å². The third-order valence-electron chi connectivity index (χ3n) is 6.41. The number of hydrogen-bond acceptors (Lipinski definition) is 6. The summed E-state index contributed by atoms with van der Waals surface area (Å²) >= 11 is 1.61. The number of carboxylic acid groups (broad SMARTS) is 1. The van der Waals surface area contributed by atoms with E-state index in [1.165, 1.54) is 0 Å². The van der Waals surface area contributed by atoms with E-state index in [0.717, 1.165) is 52.7 Å². The van der Waals surface area contributed by atoms with Crippen molar-refractivity contribution in [3.05, 3.63) is 101 Å². The van der Waals surface area contributed by atoms with Gasteiger partial charge in [0, 0.05) is 36.0 Å². The predicted octanol–water partition coefficient (Wildman–Crippen LogP) is 6.05. The van der Waals surface area contributed by atoms with E-state index in [2.05, 4.69) is 22.5 Å². The normalized spacial score (nSPS) is 11.5. The number of unbranched alkanes of at least 4 members (excludes halogenated alkanes) is 1. The smallest absolute Gasteiger partial charge is 0.326 e. The molecule has 0 radical (unpaired) electrons. The van der Waals surface area contributed by atoms with E-state index in [4.69, 9.17) is 9.72 Å². The van der Waals surface area contributed by atoms with Gasteiger partial charge in [-0.1, -0.05) is 55.8 Å². The zero-order valence-electron chi connectivity index (χ0n) is 22.2. The fraction of sp³-hybridized carbons (Fsp3) is 0.258. The Bertz CT molecular complexity index is 1350. The van der Waals surface area contributed by atoms with Gasteiger partial charge in [0.25, 0.3) is 5.91 Å². The van der Waals surface area contributed by atoms with Crippen molar-refractivity contribution in [2.45, 2.75) is 38.8 Å². The summed E-state index contributed by atoms with van der Waals surface area (Å²) in [6.07, 6.45) is 2.33. The van der Waals surface area contributed by atoms with Crippen LogP contribution in [-0.4, -0.2) is 41.7 Å². The molecule has 1 amide bonds. The van der Waals surface area contributed by atoms with Crippen LogP contribution in [0.5, 0.6) is 5.75 Å². The van der Waals surface area contributed by atoms with Gasteiger partial charge in [-0.15, -0.1) is 11.3 Å². The van der Waals surface area contributed by atoms with Gasteiger partial charge in [-0.05, 0) is 53.9 Å². The SMILES string of the molecule is CCCCN(Cc1ccc(C(=O)NC(Cc2ccccc2)C(=O)O)cc1)c1nc(-c2ccc(OC)cc2)cs1. The molecule has 7 nitrogen and oxygen atoms in total. The van der Waals surface area contributed by atoms with Gasteiger partial charge in [0.1, 0.15) is 11.8 Å². The van der Waals surface area contributed by atoms with Gasteiger partial charge in [0.15, 0.2) is 5.13 Å². The summed E-state index contributed by atoms with van der Waals surface area (Å²) in [6, 6.07) is 23.5. The summed E-state index contributed by atoms with van der Waals surface area (Å²) < 4.78 is 5.26. The van der Waals surface area contributed by atoms with Crippen LogP contribution < -0.4 is 15.0 Å². The van der Waals surface area contributed by atoms with Gasteiger partial charge < -0.3 is 20.1 Å². The molecule has 4 rings (SSSR count). The first kappa shape index (κ1) is 27.9. The molecule has 4 aromatic rings. The number of carbonyl (C=O) groups excluding carboxylic acids is 1. The number of anilines is 1. The van der Waals surface area contributed by atoms with Crippen LogP contribution in [0.2, 0.25) is 0 Å². The van der Waals surface area contributed by atoms with Crippen LogP contribution in [0.1, 0.15) is 41.3 Å². The van der Waals surface area contributed by atoms with Gasteiger partial charge in [0.2, 0.25) is 0 Å². The maximum absolute atomic E-state index is 12.8. The summed E-state index contributed by atoms with van der Waals surface area (Å²) in [5.74, 6) is -0.657. The first-order chi connectivity index (χ1) is 19.0. The molecule has 0 aliphatic heterocycles. The third-order valence-corrected chi connectivity index (χ3v) is 7.31. The van der Waals surface area contributed by atoms with Crippen molar-refractivity contribution in [2.24, 2.45) is 0 Å². The quantitative estimate of drug-likeness (QED) is 0.213. The average molecular weight is 544 g/mol. The molecule has 0 spiro atoms. The number of thiazole rings is 1. The number of nitrogens with one attached hydrogen (secondary N) is 1. The lowest BCUT2D eigenvalue weighted by Gasteiger charge is -2.22. The summed E-state index contributed by atoms with van der Waals surface area (Å²) in [4.78, 5) is 31.7. The predicted molar refractivity (Wildman–Crippen MR) is 156 cm³/mol. The van der Waals surface area contributed by atoms with E-state index in [1.54, 1.807) is 30.6 Å². The topological polar surface area (TPSA) is 91.8 Å². The number of benzene rings is 3. The minimum absolute atomic E-state index is 0.221. The molecule has 202 valence electrons. The second-order valence-electron chi connectivity index (χ2n) is 9.27. The highest BCUT2D eigenvalue weighted by atomic mass is 32.1. The Hall–Kier alpha value is -4.17. The molecule has 0 fully saturated rings. The molecule has 0 aliphatic carbocycles. The largest absolute Gasteiger partial charge is 0.497 e. The third kappa shape index (κ3) is 7.67. The Balaban J connectivity index is 1.43. The molecule has 0 bridgehead atoms. The van der Waals surface area contributed by atoms with Crippen molar-refractivity contribution < 1.29 is 19.4 Å². The zero-order chi connectivity index (χ0) is 27.6. The first-order valence-corrected chi connectivity index (χ1v) is 13.9. The Labute approximate surface area is 233 Å². The molecule has 1 atom stereocenters. The molecule has 1 heterocycles. The second kappa shape index (κ2) is 13.6. The van der Waals surface area contributed by atoms with Crippen molar-refractivity contribution in [3.63, 3.8) is 0 Å². The Morgan fingerprint density at radius 1 is 1.00 bits per heavy atom. The molecule has 0 saturated carbocycles. The van der Waals surface area contributed by atoms with E-state index >= 15 is 0 Å². The van der Waals surface area contributed by atoms with Gasteiger partial charge in [-0.25, -0.2) is 9.78 Å². The fourth-order valence-corrected chi connectivity index (χ4v) is 5.03. The molecule has 0 saturated heterocycles. The molecular formula is C31H33N3O4S. The highest BCUT2D eigenvalue weighted by molar-refractivity contribution is 7.14. The summed E-state index contributed by atoms with van der Waals surface area (Å²) in [7, 11) is 1.65. The lowest BCUT2D eigenvalue weighted by molar-refractivity contribution is -0.139. The number of carbonyl (C=O) groups is 2. The van der Waals surface area contributed by atoms with Crippen molar-refractivity contribution in [3.8, 4) is 17.0 Å². The molecule has 39 heavy (non-hydrogen) atoms. The number of carboxylic acids is 1. The molecule has 2 N–H and O–H groups in total. The second-order valence-corrected chi connectivity index (χ2v) is 10.1. The Morgan fingerprint density at radius 3 is 2.36 bits per heavy atom. The van der Waals surface area contributed by atoms with Gasteiger partial charge >= 0.3 is 5.97 Å². The van der Waals surface area contributed by atoms with E-state index in [0.29, 0.717) is 12.1 Å². The average Bonchev–Trinajstić information content (AvgIpc) is 3.46. The first-order valence-electron chi connectivity index (χ1n) is 13.0. The van der Waals surface area contributed by atoms with Crippen LogP contribution in [-0.2, 0) is 17.8 Å². The molecule has 8 heteroatoms. The van der Waals surface area contributed by atoms with Crippen LogP contribution in [0.25, 0.3) is 11.3 Å². The van der Waals surface area contributed by atoms with Crippen LogP contribution >= 0.6 is 11.3 Å². The van der Waals surface area contributed by atoms with Crippen molar-refractivity contribution >= 4 is 28.3 Å². The van der Waals surface area contributed by atoms with E-state index < -0.39 is 17.9 Å². The number of ether oxygens (including phenoxy) is 1. The number of methoxy groups -OCH3 is 1. The van der Waals surface area contributed by atoms with Crippen LogP contribution in [0.4, 0.5) is 5.13 Å². The molecule has 1 unspecified atom stereocenters. The highest BCUT2D eigenvalue weighted by Crippen LogP contribution is 2.30. The van der Waals surface area contributed by atoms with E-state index in [9.17, 15) is 14.7 Å². The number of aromatic nitrogens is 1. The monoisotopic (exact) mass is 543 g/mol. The lowest BCUT2D eigenvalue weighted by atomic mass is 10.1.